The molecular formula is C17H19N3O5. The Labute approximate surface area is 143 Å². The molecular weight excluding hydrogens is 326 g/mol. The zero-order valence-electron chi connectivity index (χ0n) is 13.9. The van der Waals surface area contributed by atoms with E-state index in [9.17, 15) is 19.7 Å². The molecule has 1 aromatic heterocycles. The second-order valence-corrected chi connectivity index (χ2v) is 6.21. The zero-order valence-corrected chi connectivity index (χ0v) is 13.9. The van der Waals surface area contributed by atoms with Crippen molar-refractivity contribution in [1.82, 2.24) is 9.78 Å². The van der Waals surface area contributed by atoms with Crippen LogP contribution in [0.4, 0.5) is 5.69 Å². The number of rotatable bonds is 5. The van der Waals surface area contributed by atoms with Crippen LogP contribution < -0.4 is 0 Å². The van der Waals surface area contributed by atoms with Gasteiger partial charge in [0.2, 0.25) is 0 Å². The fourth-order valence-corrected chi connectivity index (χ4v) is 3.37. The molecule has 0 radical (unpaired) electrons. The van der Waals surface area contributed by atoms with Gasteiger partial charge in [-0.15, -0.1) is 0 Å². The summed E-state index contributed by atoms with van der Waals surface area (Å²) in [6.07, 6.45) is 5.30. The average Bonchev–Trinajstić information content (AvgIpc) is 3.03. The van der Waals surface area contributed by atoms with Gasteiger partial charge < -0.3 is 4.74 Å². The zero-order chi connectivity index (χ0) is 18.0. The van der Waals surface area contributed by atoms with Gasteiger partial charge in [0.1, 0.15) is 0 Å². The van der Waals surface area contributed by atoms with Gasteiger partial charge in [-0.3, -0.25) is 24.4 Å². The maximum atomic E-state index is 11.8. The number of benzene rings is 1. The second kappa shape index (κ2) is 7.00. The van der Waals surface area contributed by atoms with E-state index in [0.717, 1.165) is 25.7 Å². The van der Waals surface area contributed by atoms with Crippen molar-refractivity contribution in [3.63, 3.8) is 0 Å². The SMILES string of the molecule is CCOC(=O)C1CCC(n2cc3cc([N+](=O)[O-])c(C=O)cc3n2)CC1. The third kappa shape index (κ3) is 3.38. The van der Waals surface area contributed by atoms with E-state index in [-0.39, 0.29) is 29.2 Å². The Balaban J connectivity index is 1.80. The first-order chi connectivity index (χ1) is 12.0. The fourth-order valence-electron chi connectivity index (χ4n) is 3.37. The summed E-state index contributed by atoms with van der Waals surface area (Å²) >= 11 is 0. The normalized spacial score (nSPS) is 20.4. The number of nitrogens with zero attached hydrogens (tertiary/aromatic N) is 3. The van der Waals surface area contributed by atoms with E-state index in [4.69, 9.17) is 4.74 Å². The number of nitro groups is 1. The van der Waals surface area contributed by atoms with Gasteiger partial charge in [-0.05, 0) is 38.7 Å². The number of hydrogen-bond acceptors (Lipinski definition) is 6. The van der Waals surface area contributed by atoms with Crippen LogP contribution in [0.5, 0.6) is 0 Å². The minimum Gasteiger partial charge on any atom is -0.466 e. The molecule has 25 heavy (non-hydrogen) atoms. The van der Waals surface area contributed by atoms with E-state index in [1.807, 2.05) is 0 Å². The summed E-state index contributed by atoms with van der Waals surface area (Å²) < 4.78 is 6.87. The van der Waals surface area contributed by atoms with E-state index in [2.05, 4.69) is 5.10 Å². The molecule has 3 rings (SSSR count). The van der Waals surface area contributed by atoms with Crippen molar-refractivity contribution in [3.05, 3.63) is 34.0 Å². The topological polar surface area (TPSA) is 104 Å². The average molecular weight is 345 g/mol. The highest BCUT2D eigenvalue weighted by atomic mass is 16.6. The van der Waals surface area contributed by atoms with Crippen molar-refractivity contribution < 1.29 is 19.2 Å². The molecule has 2 aromatic rings. The lowest BCUT2D eigenvalue weighted by Crippen LogP contribution is -2.25. The number of esters is 1. The van der Waals surface area contributed by atoms with Gasteiger partial charge in [-0.2, -0.15) is 5.10 Å². The van der Waals surface area contributed by atoms with Gasteiger partial charge in [0.25, 0.3) is 5.69 Å². The lowest BCUT2D eigenvalue weighted by atomic mass is 9.86. The van der Waals surface area contributed by atoms with Gasteiger partial charge >= 0.3 is 5.97 Å². The van der Waals surface area contributed by atoms with Crippen molar-refractivity contribution in [2.45, 2.75) is 38.6 Å². The number of fused-ring (bicyclic) bond motifs is 1. The number of nitro benzene ring substituents is 1. The fraction of sp³-hybridized carbons (Fsp3) is 0.471. The highest BCUT2D eigenvalue weighted by molar-refractivity contribution is 5.91. The highest BCUT2D eigenvalue weighted by Gasteiger charge is 2.28. The smallest absolute Gasteiger partial charge is 0.308 e. The van der Waals surface area contributed by atoms with Crippen molar-refractivity contribution in [3.8, 4) is 0 Å². The first-order valence-corrected chi connectivity index (χ1v) is 8.32. The highest BCUT2D eigenvalue weighted by Crippen LogP contribution is 2.34. The molecule has 0 aliphatic heterocycles. The number of carbonyl (C=O) groups is 2. The van der Waals surface area contributed by atoms with Crippen LogP contribution in [0, 0.1) is 16.0 Å². The largest absolute Gasteiger partial charge is 0.466 e. The summed E-state index contributed by atoms with van der Waals surface area (Å²) in [5.41, 5.74) is 0.363. The Hall–Kier alpha value is -2.77. The molecule has 1 saturated carbocycles. The van der Waals surface area contributed by atoms with Crippen molar-refractivity contribution in [2.75, 3.05) is 6.61 Å². The van der Waals surface area contributed by atoms with Gasteiger partial charge in [0.15, 0.2) is 6.29 Å². The Morgan fingerprint density at radius 1 is 1.40 bits per heavy atom. The molecule has 8 heteroatoms. The lowest BCUT2D eigenvalue weighted by Gasteiger charge is -2.27. The van der Waals surface area contributed by atoms with E-state index in [0.29, 0.717) is 23.8 Å². The number of aromatic nitrogens is 2. The number of hydrogen-bond donors (Lipinski definition) is 0. The van der Waals surface area contributed by atoms with E-state index < -0.39 is 4.92 Å². The summed E-state index contributed by atoms with van der Waals surface area (Å²) in [5.74, 6) is -0.207. The quantitative estimate of drug-likeness (QED) is 0.357. The standard InChI is InChI=1S/C17H19N3O5/c1-2-25-17(22)11-3-5-14(6-4-11)19-9-12-8-16(20(23)24)13(10-21)7-15(12)18-19/h7-11,14H,2-6H2,1H3. The molecule has 0 atom stereocenters. The molecule has 1 aliphatic rings. The minimum absolute atomic E-state index is 0.0220. The molecule has 0 saturated heterocycles. The van der Waals surface area contributed by atoms with Gasteiger partial charge in [0.05, 0.1) is 34.6 Å². The van der Waals surface area contributed by atoms with Crippen LogP contribution in [-0.2, 0) is 9.53 Å². The molecule has 1 heterocycles. The molecule has 1 fully saturated rings. The first kappa shape index (κ1) is 17.1. The van der Waals surface area contributed by atoms with Gasteiger partial charge in [-0.1, -0.05) is 0 Å². The number of ether oxygens (including phenoxy) is 1. The first-order valence-electron chi connectivity index (χ1n) is 8.32. The third-order valence-corrected chi connectivity index (χ3v) is 4.68. The molecule has 0 unspecified atom stereocenters. The minimum atomic E-state index is -0.564. The van der Waals surface area contributed by atoms with Crippen LogP contribution in [0.2, 0.25) is 0 Å². The molecule has 0 N–H and O–H groups in total. The number of carbonyl (C=O) groups excluding carboxylic acids is 2. The maximum Gasteiger partial charge on any atom is 0.308 e. The van der Waals surface area contributed by atoms with E-state index >= 15 is 0 Å². The lowest BCUT2D eigenvalue weighted by molar-refractivity contribution is -0.384. The predicted molar refractivity (Wildman–Crippen MR) is 89.4 cm³/mol. The van der Waals surface area contributed by atoms with Crippen LogP contribution in [0.1, 0.15) is 49.0 Å². The molecule has 1 aliphatic carbocycles. The predicted octanol–water partition coefficient (Wildman–Crippen LogP) is 3.05. The Morgan fingerprint density at radius 3 is 2.72 bits per heavy atom. The van der Waals surface area contributed by atoms with Crippen LogP contribution in [0.3, 0.4) is 0 Å². The Bertz CT molecular complexity index is 821. The molecule has 0 amide bonds. The van der Waals surface area contributed by atoms with Crippen LogP contribution in [0.15, 0.2) is 18.3 Å². The second-order valence-electron chi connectivity index (χ2n) is 6.21. The summed E-state index contributed by atoms with van der Waals surface area (Å²) in [7, 11) is 0. The Morgan fingerprint density at radius 2 is 2.12 bits per heavy atom. The summed E-state index contributed by atoms with van der Waals surface area (Å²) in [4.78, 5) is 33.4. The van der Waals surface area contributed by atoms with Crippen LogP contribution in [-0.4, -0.2) is 33.6 Å². The van der Waals surface area contributed by atoms with Crippen LogP contribution >= 0.6 is 0 Å². The van der Waals surface area contributed by atoms with Crippen LogP contribution in [0.25, 0.3) is 10.9 Å². The molecule has 1 aromatic carbocycles. The van der Waals surface area contributed by atoms with Crippen molar-refractivity contribution >= 4 is 28.8 Å². The Kier molecular flexibility index (Phi) is 4.78. The third-order valence-electron chi connectivity index (χ3n) is 4.68. The summed E-state index contributed by atoms with van der Waals surface area (Å²) in [6, 6.07) is 2.96. The molecule has 8 nitrogen and oxygen atoms in total. The van der Waals surface area contributed by atoms with Crippen molar-refractivity contribution in [2.24, 2.45) is 5.92 Å². The molecule has 0 spiro atoms. The van der Waals surface area contributed by atoms with Gasteiger partial charge in [-0.25, -0.2) is 0 Å². The van der Waals surface area contributed by atoms with Gasteiger partial charge in [0, 0.05) is 17.6 Å². The van der Waals surface area contributed by atoms with E-state index in [1.54, 1.807) is 17.8 Å². The summed E-state index contributed by atoms with van der Waals surface area (Å²) in [6.45, 7) is 2.19. The summed E-state index contributed by atoms with van der Waals surface area (Å²) in [5, 5.41) is 16.2. The van der Waals surface area contributed by atoms with Crippen molar-refractivity contribution in [1.29, 1.82) is 0 Å². The monoisotopic (exact) mass is 345 g/mol. The van der Waals surface area contributed by atoms with E-state index in [1.165, 1.54) is 12.1 Å². The maximum absolute atomic E-state index is 11.8. The molecule has 132 valence electrons. The molecule has 0 bridgehead atoms. The number of aldehydes is 1.